The summed E-state index contributed by atoms with van der Waals surface area (Å²) in [5.41, 5.74) is 6.73. The molecule has 3 aromatic heterocycles. The molecule has 2 N–H and O–H groups in total. The average Bonchev–Trinajstić information content (AvgIpc) is 3.48. The van der Waals surface area contributed by atoms with Crippen LogP contribution in [-0.2, 0) is 11.3 Å². The number of aromatic nitrogens is 3. The van der Waals surface area contributed by atoms with Gasteiger partial charge in [-0.15, -0.1) is 16.4 Å². The molecule has 36 heavy (non-hydrogen) atoms. The maximum atomic E-state index is 5.80. The number of aryl methyl sites for hydroxylation is 1. The number of nitrogens with zero attached hydrogens (tertiary/aromatic N) is 4. The van der Waals surface area contributed by atoms with Crippen molar-refractivity contribution in [2.45, 2.75) is 51.4 Å². The fourth-order valence-electron chi connectivity index (χ4n) is 5.59. The lowest BCUT2D eigenvalue weighted by Crippen LogP contribution is -2.45. The predicted octanol–water partition coefficient (Wildman–Crippen LogP) is 5.32. The summed E-state index contributed by atoms with van der Waals surface area (Å²) in [5, 5.41) is 19.2. The molecule has 7 nitrogen and oxygen atoms in total. The van der Waals surface area contributed by atoms with Crippen LogP contribution >= 0.6 is 11.3 Å². The molecule has 2 bridgehead atoms. The Morgan fingerprint density at radius 2 is 1.94 bits per heavy atom. The quantitative estimate of drug-likeness (QED) is 0.356. The van der Waals surface area contributed by atoms with Crippen molar-refractivity contribution in [1.82, 2.24) is 20.5 Å². The van der Waals surface area contributed by atoms with Crippen LogP contribution in [0, 0.1) is 6.92 Å². The molecular weight excluding hydrogens is 468 g/mol. The molecule has 186 valence electrons. The van der Waals surface area contributed by atoms with Gasteiger partial charge in [0.1, 0.15) is 0 Å². The number of hydrogen-bond donors (Lipinski definition) is 2. The van der Waals surface area contributed by atoms with Crippen molar-refractivity contribution >= 4 is 33.7 Å². The number of rotatable bonds is 7. The van der Waals surface area contributed by atoms with E-state index in [4.69, 9.17) is 9.72 Å². The molecule has 0 radical (unpaired) electrons. The maximum absolute atomic E-state index is 5.80. The van der Waals surface area contributed by atoms with Crippen molar-refractivity contribution in [3.8, 4) is 11.1 Å². The molecule has 6 rings (SSSR count). The van der Waals surface area contributed by atoms with Gasteiger partial charge in [-0.3, -0.25) is 4.98 Å². The highest BCUT2D eigenvalue weighted by atomic mass is 32.1. The third-order valence-corrected chi connectivity index (χ3v) is 8.52. The van der Waals surface area contributed by atoms with Gasteiger partial charge in [0.25, 0.3) is 0 Å². The van der Waals surface area contributed by atoms with E-state index in [-0.39, 0.29) is 6.04 Å². The number of ether oxygens (including phenoxy) is 1. The topological polar surface area (TPSA) is 75.2 Å². The van der Waals surface area contributed by atoms with E-state index in [2.05, 4.69) is 74.4 Å². The lowest BCUT2D eigenvalue weighted by Gasteiger charge is -2.36. The Morgan fingerprint density at radius 1 is 1.14 bits per heavy atom. The molecule has 2 unspecified atom stereocenters. The fraction of sp³-hybridized carbons (Fsp3) is 0.393. The van der Waals surface area contributed by atoms with E-state index in [9.17, 15) is 0 Å². The Bertz CT molecular complexity index is 1370. The van der Waals surface area contributed by atoms with Crippen LogP contribution in [0.3, 0.4) is 0 Å². The molecule has 1 aromatic carbocycles. The van der Waals surface area contributed by atoms with E-state index in [1.54, 1.807) is 11.3 Å². The molecular formula is C28H32N6OS. The van der Waals surface area contributed by atoms with Crippen LogP contribution < -0.4 is 15.5 Å². The Labute approximate surface area is 215 Å². The van der Waals surface area contributed by atoms with Crippen molar-refractivity contribution < 1.29 is 4.74 Å². The van der Waals surface area contributed by atoms with Gasteiger partial charge in [-0.05, 0) is 67.9 Å². The standard InChI is InChI=1S/C28H32N6OS/c1-17(26-10-20(16-36-26)24-7-5-4-6-19(24)12-29-3)31-28-25-11-23(13-30-27(25)18(2)32-33-28)34-21-8-9-22(34)15-35-14-21/h4-7,10-11,13,16-17,21-22,29H,8-9,12,14-15H2,1-3H3,(H,31,33)/t17-,21?,22?/m1/s1. The van der Waals surface area contributed by atoms with Crippen molar-refractivity contribution in [3.63, 3.8) is 0 Å². The van der Waals surface area contributed by atoms with E-state index < -0.39 is 0 Å². The first-order chi connectivity index (χ1) is 17.6. The lowest BCUT2D eigenvalue weighted by atomic mass is 10.0. The minimum absolute atomic E-state index is 0.0867. The van der Waals surface area contributed by atoms with Gasteiger partial charge in [-0.1, -0.05) is 24.3 Å². The molecule has 3 atom stereocenters. The SMILES string of the molecule is CNCc1ccccc1-c1csc([C@@H](C)Nc2nnc(C)c3ncc(N4C5CCC4COC5)cc23)c1. The zero-order valence-corrected chi connectivity index (χ0v) is 21.8. The highest BCUT2D eigenvalue weighted by Gasteiger charge is 2.37. The van der Waals surface area contributed by atoms with Crippen molar-refractivity contribution in [2.75, 3.05) is 30.5 Å². The molecule has 2 saturated heterocycles. The monoisotopic (exact) mass is 500 g/mol. The third-order valence-electron chi connectivity index (χ3n) is 7.40. The summed E-state index contributed by atoms with van der Waals surface area (Å²) < 4.78 is 5.80. The minimum atomic E-state index is 0.0867. The smallest absolute Gasteiger partial charge is 0.158 e. The molecule has 8 heteroatoms. The van der Waals surface area contributed by atoms with Gasteiger partial charge in [0.15, 0.2) is 5.82 Å². The molecule has 0 amide bonds. The zero-order chi connectivity index (χ0) is 24.6. The molecule has 2 aliphatic heterocycles. The van der Waals surface area contributed by atoms with Crippen molar-refractivity contribution in [3.05, 3.63) is 64.1 Å². The fourth-order valence-corrected chi connectivity index (χ4v) is 6.51. The van der Waals surface area contributed by atoms with Gasteiger partial charge in [0.2, 0.25) is 0 Å². The summed E-state index contributed by atoms with van der Waals surface area (Å²) in [4.78, 5) is 8.60. The summed E-state index contributed by atoms with van der Waals surface area (Å²) in [7, 11) is 1.99. The molecule has 4 aromatic rings. The molecule has 2 fully saturated rings. The third kappa shape index (κ3) is 4.23. The first kappa shape index (κ1) is 23.3. The Morgan fingerprint density at radius 3 is 2.75 bits per heavy atom. The summed E-state index contributed by atoms with van der Waals surface area (Å²) >= 11 is 1.77. The van der Waals surface area contributed by atoms with Crippen LogP contribution in [0.15, 0.2) is 48.0 Å². The van der Waals surface area contributed by atoms with E-state index >= 15 is 0 Å². The number of thiophene rings is 1. The summed E-state index contributed by atoms with van der Waals surface area (Å²) in [6.07, 6.45) is 4.35. The van der Waals surface area contributed by atoms with Crippen molar-refractivity contribution in [2.24, 2.45) is 0 Å². The number of morpholine rings is 1. The van der Waals surface area contributed by atoms with Crippen LogP contribution in [-0.4, -0.2) is 47.5 Å². The first-order valence-corrected chi connectivity index (χ1v) is 13.6. The van der Waals surface area contributed by atoms with Gasteiger partial charge in [0.05, 0.1) is 54.4 Å². The normalized spacial score (nSPS) is 20.1. The highest BCUT2D eigenvalue weighted by molar-refractivity contribution is 7.10. The maximum Gasteiger partial charge on any atom is 0.158 e. The minimum Gasteiger partial charge on any atom is -0.377 e. The summed E-state index contributed by atoms with van der Waals surface area (Å²) in [6, 6.07) is 14.1. The molecule has 2 aliphatic rings. The van der Waals surface area contributed by atoms with Gasteiger partial charge in [-0.25, -0.2) is 0 Å². The van der Waals surface area contributed by atoms with Crippen molar-refractivity contribution in [1.29, 1.82) is 0 Å². The second-order valence-electron chi connectivity index (χ2n) is 9.84. The van der Waals surface area contributed by atoms with Gasteiger partial charge in [-0.2, -0.15) is 5.10 Å². The summed E-state index contributed by atoms with van der Waals surface area (Å²) in [5.74, 6) is 0.781. The number of hydrogen-bond acceptors (Lipinski definition) is 8. The van der Waals surface area contributed by atoms with E-state index in [1.807, 2.05) is 20.2 Å². The molecule has 5 heterocycles. The van der Waals surface area contributed by atoms with Gasteiger partial charge >= 0.3 is 0 Å². The van der Waals surface area contributed by atoms with E-state index in [0.29, 0.717) is 12.1 Å². The molecule has 0 spiro atoms. The number of anilines is 2. The lowest BCUT2D eigenvalue weighted by molar-refractivity contribution is 0.0906. The van der Waals surface area contributed by atoms with Gasteiger partial charge < -0.3 is 20.3 Å². The average molecular weight is 501 g/mol. The van der Waals surface area contributed by atoms with Crippen LogP contribution in [0.25, 0.3) is 22.0 Å². The number of benzene rings is 1. The Kier molecular flexibility index (Phi) is 6.33. The van der Waals surface area contributed by atoms with Gasteiger partial charge in [0, 0.05) is 16.8 Å². The van der Waals surface area contributed by atoms with Crippen LogP contribution in [0.1, 0.15) is 41.9 Å². The Hall–Kier alpha value is -3.07. The second-order valence-corrected chi connectivity index (χ2v) is 10.8. The molecule has 0 aliphatic carbocycles. The van der Waals surface area contributed by atoms with E-state index in [0.717, 1.165) is 47.9 Å². The second kappa shape index (κ2) is 9.76. The first-order valence-electron chi connectivity index (χ1n) is 12.7. The number of pyridine rings is 1. The van der Waals surface area contributed by atoms with Crippen LogP contribution in [0.5, 0.6) is 0 Å². The Balaban J connectivity index is 1.30. The van der Waals surface area contributed by atoms with E-state index in [1.165, 1.54) is 34.4 Å². The highest BCUT2D eigenvalue weighted by Crippen LogP contribution is 2.37. The zero-order valence-electron chi connectivity index (χ0n) is 21.0. The largest absolute Gasteiger partial charge is 0.377 e. The number of fused-ring (bicyclic) bond motifs is 3. The predicted molar refractivity (Wildman–Crippen MR) is 147 cm³/mol. The van der Waals surface area contributed by atoms with Crippen LogP contribution in [0.2, 0.25) is 0 Å². The molecule has 0 saturated carbocycles. The van der Waals surface area contributed by atoms with Crippen LogP contribution in [0.4, 0.5) is 11.5 Å². The summed E-state index contributed by atoms with van der Waals surface area (Å²) in [6.45, 7) is 6.59. The number of nitrogens with one attached hydrogen (secondary N) is 2.